The van der Waals surface area contributed by atoms with Gasteiger partial charge in [-0.3, -0.25) is 14.9 Å². The van der Waals surface area contributed by atoms with Gasteiger partial charge in [0.25, 0.3) is 11.6 Å². The average Bonchev–Trinajstić information content (AvgIpc) is 2.42. The van der Waals surface area contributed by atoms with E-state index in [1.54, 1.807) is 0 Å². The fourth-order valence-electron chi connectivity index (χ4n) is 1.75. The molecule has 1 rings (SSSR count). The molecule has 0 fully saturated rings. The van der Waals surface area contributed by atoms with Gasteiger partial charge in [-0.2, -0.15) is 0 Å². The minimum absolute atomic E-state index is 0.178. The first-order chi connectivity index (χ1) is 9.47. The third-order valence-electron chi connectivity index (χ3n) is 3.00. The maximum absolute atomic E-state index is 12.0. The van der Waals surface area contributed by atoms with Gasteiger partial charge < -0.3 is 5.32 Å². The molecule has 1 unspecified atom stereocenters. The van der Waals surface area contributed by atoms with Crippen LogP contribution in [0.2, 0.25) is 5.02 Å². The van der Waals surface area contributed by atoms with Crippen molar-refractivity contribution in [2.75, 3.05) is 11.9 Å². The van der Waals surface area contributed by atoms with Gasteiger partial charge >= 0.3 is 0 Å². The van der Waals surface area contributed by atoms with Crippen LogP contribution < -0.4 is 5.32 Å². The third kappa shape index (κ3) is 5.09. The number of amides is 1. The molecule has 0 radical (unpaired) electrons. The van der Waals surface area contributed by atoms with Crippen LogP contribution in [0.5, 0.6) is 0 Å². The number of nitro benzene ring substituents is 1. The highest BCUT2D eigenvalue weighted by Crippen LogP contribution is 2.21. The monoisotopic (exact) mass is 362 g/mol. The van der Waals surface area contributed by atoms with Crippen molar-refractivity contribution in [2.24, 2.45) is 5.92 Å². The zero-order valence-electron chi connectivity index (χ0n) is 11.1. The molecule has 5 nitrogen and oxygen atoms in total. The van der Waals surface area contributed by atoms with E-state index in [-0.39, 0.29) is 22.2 Å². The topological polar surface area (TPSA) is 72.2 Å². The van der Waals surface area contributed by atoms with Crippen molar-refractivity contribution in [3.05, 3.63) is 38.9 Å². The number of hydrogen-bond acceptors (Lipinski definition) is 3. The molecular weight excluding hydrogens is 348 g/mol. The first-order valence-corrected chi connectivity index (χ1v) is 7.77. The van der Waals surface area contributed by atoms with Crippen LogP contribution in [-0.2, 0) is 0 Å². The molecule has 110 valence electrons. The second kappa shape index (κ2) is 8.21. The van der Waals surface area contributed by atoms with Gasteiger partial charge in [0.05, 0.1) is 4.92 Å². The second-order valence-electron chi connectivity index (χ2n) is 4.42. The van der Waals surface area contributed by atoms with Crippen LogP contribution in [0.4, 0.5) is 5.69 Å². The summed E-state index contributed by atoms with van der Waals surface area (Å²) >= 11 is 9.16. The molecule has 0 heterocycles. The molecule has 0 bridgehead atoms. The number of nitrogens with one attached hydrogen (secondary N) is 1. The summed E-state index contributed by atoms with van der Waals surface area (Å²) in [4.78, 5) is 22.2. The summed E-state index contributed by atoms with van der Waals surface area (Å²) in [6.45, 7) is 2.60. The number of rotatable bonds is 7. The van der Waals surface area contributed by atoms with Crippen LogP contribution in [0.25, 0.3) is 0 Å². The van der Waals surface area contributed by atoms with E-state index in [4.69, 9.17) is 11.6 Å². The van der Waals surface area contributed by atoms with Crippen molar-refractivity contribution in [3.8, 4) is 0 Å². The first kappa shape index (κ1) is 16.9. The van der Waals surface area contributed by atoms with Gasteiger partial charge in [-0.1, -0.05) is 40.9 Å². The van der Waals surface area contributed by atoms with Crippen molar-refractivity contribution < 1.29 is 9.72 Å². The van der Waals surface area contributed by atoms with E-state index in [9.17, 15) is 14.9 Å². The summed E-state index contributed by atoms with van der Waals surface area (Å²) < 4.78 is 0. The Morgan fingerprint density at radius 2 is 2.20 bits per heavy atom. The van der Waals surface area contributed by atoms with E-state index in [1.165, 1.54) is 18.2 Å². The summed E-state index contributed by atoms with van der Waals surface area (Å²) in [5.74, 6) is 0.0381. The van der Waals surface area contributed by atoms with Crippen LogP contribution in [0.3, 0.4) is 0 Å². The van der Waals surface area contributed by atoms with Gasteiger partial charge in [-0.25, -0.2) is 0 Å². The molecule has 0 aliphatic carbocycles. The predicted octanol–water partition coefficient (Wildman–Crippen LogP) is 3.79. The molecule has 0 aliphatic rings. The highest BCUT2D eigenvalue weighted by atomic mass is 79.9. The van der Waals surface area contributed by atoms with Crippen molar-refractivity contribution in [3.63, 3.8) is 0 Å². The Morgan fingerprint density at radius 3 is 2.75 bits per heavy atom. The first-order valence-electron chi connectivity index (χ1n) is 6.27. The maximum atomic E-state index is 12.0. The SMILES string of the molecule is CCC(CCBr)CNC(=O)c1cc(Cl)cc([N+](=O)[O-])c1. The third-order valence-corrected chi connectivity index (χ3v) is 3.68. The van der Waals surface area contributed by atoms with Gasteiger partial charge in [0.2, 0.25) is 0 Å². The standard InChI is InChI=1S/C13H16BrClN2O3/c1-2-9(3-4-14)8-16-13(18)10-5-11(15)7-12(6-10)17(19)20/h5-7,9H,2-4,8H2,1H3,(H,16,18). The van der Waals surface area contributed by atoms with Gasteiger partial charge in [0, 0.05) is 34.6 Å². The van der Waals surface area contributed by atoms with Crippen LogP contribution in [-0.4, -0.2) is 22.7 Å². The lowest BCUT2D eigenvalue weighted by Crippen LogP contribution is -2.29. The quantitative estimate of drug-likeness (QED) is 0.455. The summed E-state index contributed by atoms with van der Waals surface area (Å²) in [6.07, 6.45) is 1.92. The number of nitro groups is 1. The zero-order chi connectivity index (χ0) is 15.1. The van der Waals surface area contributed by atoms with Crippen molar-refractivity contribution in [2.45, 2.75) is 19.8 Å². The van der Waals surface area contributed by atoms with E-state index >= 15 is 0 Å². The molecule has 20 heavy (non-hydrogen) atoms. The van der Waals surface area contributed by atoms with E-state index in [0.717, 1.165) is 18.2 Å². The second-order valence-corrected chi connectivity index (χ2v) is 5.65. The lowest BCUT2D eigenvalue weighted by molar-refractivity contribution is -0.384. The molecule has 1 N–H and O–H groups in total. The molecule has 1 aromatic rings. The smallest absolute Gasteiger partial charge is 0.271 e. The molecule has 0 aliphatic heterocycles. The fourth-order valence-corrected chi connectivity index (χ4v) is 2.63. The highest BCUT2D eigenvalue weighted by molar-refractivity contribution is 9.09. The minimum atomic E-state index is -0.567. The molecule has 1 aromatic carbocycles. The van der Waals surface area contributed by atoms with Crippen molar-refractivity contribution in [1.82, 2.24) is 5.32 Å². The minimum Gasteiger partial charge on any atom is -0.352 e. The van der Waals surface area contributed by atoms with Crippen molar-refractivity contribution in [1.29, 1.82) is 0 Å². The molecular formula is C13H16BrClN2O3. The molecule has 0 aromatic heterocycles. The Hall–Kier alpha value is -1.14. The van der Waals surface area contributed by atoms with Crippen LogP contribution in [0, 0.1) is 16.0 Å². The van der Waals surface area contributed by atoms with E-state index in [0.29, 0.717) is 12.5 Å². The number of hydrogen-bond donors (Lipinski definition) is 1. The summed E-state index contributed by atoms with van der Waals surface area (Å²) in [6, 6.07) is 3.87. The van der Waals surface area contributed by atoms with Crippen molar-refractivity contribution >= 4 is 39.1 Å². The molecule has 0 spiro atoms. The number of carbonyl (C=O) groups is 1. The number of nitrogens with zero attached hydrogens (tertiary/aromatic N) is 1. The number of benzene rings is 1. The average molecular weight is 364 g/mol. The van der Waals surface area contributed by atoms with Gasteiger partial charge in [-0.15, -0.1) is 0 Å². The number of halogens is 2. The van der Waals surface area contributed by atoms with Crippen LogP contribution >= 0.6 is 27.5 Å². The largest absolute Gasteiger partial charge is 0.352 e. The van der Waals surface area contributed by atoms with E-state index < -0.39 is 4.92 Å². The van der Waals surface area contributed by atoms with E-state index in [2.05, 4.69) is 28.2 Å². The Morgan fingerprint density at radius 1 is 1.50 bits per heavy atom. The molecule has 7 heteroatoms. The summed E-state index contributed by atoms with van der Waals surface area (Å²) in [5.41, 5.74) is 0.0213. The highest BCUT2D eigenvalue weighted by Gasteiger charge is 2.15. The Balaban J connectivity index is 2.74. The van der Waals surface area contributed by atoms with E-state index in [1.807, 2.05) is 0 Å². The van der Waals surface area contributed by atoms with Gasteiger partial charge in [-0.05, 0) is 18.4 Å². The number of non-ortho nitro benzene ring substituents is 1. The number of alkyl halides is 1. The lowest BCUT2D eigenvalue weighted by Gasteiger charge is -2.14. The van der Waals surface area contributed by atoms with Gasteiger partial charge in [0.15, 0.2) is 0 Å². The molecule has 0 saturated carbocycles. The molecule has 1 amide bonds. The van der Waals surface area contributed by atoms with Crippen LogP contribution in [0.1, 0.15) is 30.1 Å². The Labute approximate surface area is 131 Å². The summed E-state index contributed by atoms with van der Waals surface area (Å²) in [7, 11) is 0. The lowest BCUT2D eigenvalue weighted by atomic mass is 10.0. The molecule has 0 saturated heterocycles. The van der Waals surface area contributed by atoms with Gasteiger partial charge in [0.1, 0.15) is 0 Å². The molecule has 1 atom stereocenters. The van der Waals surface area contributed by atoms with Crippen LogP contribution in [0.15, 0.2) is 18.2 Å². The predicted molar refractivity (Wildman–Crippen MR) is 82.6 cm³/mol. The normalized spacial score (nSPS) is 11.9. The summed E-state index contributed by atoms with van der Waals surface area (Å²) in [5, 5.41) is 14.6. The Bertz CT molecular complexity index is 497. The maximum Gasteiger partial charge on any atom is 0.271 e. The fraction of sp³-hybridized carbons (Fsp3) is 0.462. The zero-order valence-corrected chi connectivity index (χ0v) is 13.4. The number of carbonyl (C=O) groups excluding carboxylic acids is 1. The Kier molecular flexibility index (Phi) is 6.95.